The molecule has 2 heterocycles. The number of hydrogen-bond acceptors (Lipinski definition) is 4. The monoisotopic (exact) mass is 291 g/mol. The molecule has 0 spiro atoms. The van der Waals surface area contributed by atoms with Crippen molar-refractivity contribution >= 4 is 0 Å². The van der Waals surface area contributed by atoms with Gasteiger partial charge in [-0.2, -0.15) is 0 Å². The van der Waals surface area contributed by atoms with Gasteiger partial charge < -0.3 is 15.0 Å². The van der Waals surface area contributed by atoms with Crippen molar-refractivity contribution in [1.29, 1.82) is 0 Å². The third-order valence-corrected chi connectivity index (χ3v) is 4.01. The van der Waals surface area contributed by atoms with Crippen LogP contribution in [0.15, 0.2) is 18.2 Å². The molecule has 1 aromatic rings. The molecule has 118 valence electrons. The molecule has 0 aromatic carbocycles. The van der Waals surface area contributed by atoms with Crippen LogP contribution in [0.5, 0.6) is 5.88 Å². The molecular formula is C17H29N3O. The standard InChI is InChI=1S/C17H29N3O/c1-14(2)12-18-13-15-6-4-8-17(19-15)21-11-9-16-7-5-10-20(16)3/h4,6,8,14,16,18H,5,7,9-13H2,1-3H3. The van der Waals surface area contributed by atoms with Gasteiger partial charge in [-0.25, -0.2) is 4.98 Å². The second-order valence-corrected chi connectivity index (χ2v) is 6.41. The van der Waals surface area contributed by atoms with E-state index in [0.717, 1.165) is 37.7 Å². The third-order valence-electron chi connectivity index (χ3n) is 4.01. The van der Waals surface area contributed by atoms with Crippen LogP contribution >= 0.6 is 0 Å². The zero-order valence-electron chi connectivity index (χ0n) is 13.6. The molecule has 0 bridgehead atoms. The first kappa shape index (κ1) is 16.2. The Balaban J connectivity index is 1.72. The maximum absolute atomic E-state index is 5.82. The predicted molar refractivity (Wildman–Crippen MR) is 86.5 cm³/mol. The second-order valence-electron chi connectivity index (χ2n) is 6.41. The first-order valence-electron chi connectivity index (χ1n) is 8.15. The first-order valence-corrected chi connectivity index (χ1v) is 8.15. The average Bonchev–Trinajstić information content (AvgIpc) is 2.85. The van der Waals surface area contributed by atoms with Crippen LogP contribution in [0.3, 0.4) is 0 Å². The summed E-state index contributed by atoms with van der Waals surface area (Å²) in [4.78, 5) is 6.99. The quantitative estimate of drug-likeness (QED) is 0.799. The Hall–Kier alpha value is -1.13. The molecule has 1 saturated heterocycles. The van der Waals surface area contributed by atoms with Crippen molar-refractivity contribution in [3.8, 4) is 5.88 Å². The maximum atomic E-state index is 5.82. The minimum atomic E-state index is 0.660. The average molecular weight is 291 g/mol. The summed E-state index contributed by atoms with van der Waals surface area (Å²) in [5, 5.41) is 3.41. The summed E-state index contributed by atoms with van der Waals surface area (Å²) < 4.78 is 5.82. The lowest BCUT2D eigenvalue weighted by Crippen LogP contribution is -2.26. The maximum Gasteiger partial charge on any atom is 0.213 e. The largest absolute Gasteiger partial charge is 0.478 e. The zero-order chi connectivity index (χ0) is 15.1. The number of pyridine rings is 1. The lowest BCUT2D eigenvalue weighted by Gasteiger charge is -2.19. The lowest BCUT2D eigenvalue weighted by molar-refractivity contribution is 0.228. The molecule has 0 radical (unpaired) electrons. The van der Waals surface area contributed by atoms with Gasteiger partial charge in [0.1, 0.15) is 0 Å². The summed E-state index contributed by atoms with van der Waals surface area (Å²) in [6, 6.07) is 6.70. The summed E-state index contributed by atoms with van der Waals surface area (Å²) in [7, 11) is 2.21. The molecular weight excluding hydrogens is 262 g/mol. The van der Waals surface area contributed by atoms with E-state index in [2.05, 4.69) is 36.1 Å². The Morgan fingerprint density at radius 2 is 2.29 bits per heavy atom. The highest BCUT2D eigenvalue weighted by Crippen LogP contribution is 2.18. The van der Waals surface area contributed by atoms with E-state index in [1.54, 1.807) is 0 Å². The molecule has 4 nitrogen and oxygen atoms in total. The van der Waals surface area contributed by atoms with Crippen LogP contribution < -0.4 is 10.1 Å². The molecule has 1 unspecified atom stereocenters. The molecule has 1 fully saturated rings. The molecule has 21 heavy (non-hydrogen) atoms. The Bertz CT molecular complexity index is 422. The van der Waals surface area contributed by atoms with E-state index < -0.39 is 0 Å². The highest BCUT2D eigenvalue weighted by Gasteiger charge is 2.20. The minimum Gasteiger partial charge on any atom is -0.478 e. The Labute approximate surface area is 128 Å². The molecule has 0 amide bonds. The van der Waals surface area contributed by atoms with Gasteiger partial charge in [0, 0.05) is 18.7 Å². The van der Waals surface area contributed by atoms with Crippen molar-refractivity contribution in [3.05, 3.63) is 23.9 Å². The van der Waals surface area contributed by atoms with Gasteiger partial charge in [0.2, 0.25) is 5.88 Å². The number of aromatic nitrogens is 1. The number of ether oxygens (including phenoxy) is 1. The van der Waals surface area contributed by atoms with Crippen molar-refractivity contribution in [1.82, 2.24) is 15.2 Å². The fraction of sp³-hybridized carbons (Fsp3) is 0.706. The molecule has 1 aliphatic heterocycles. The predicted octanol–water partition coefficient (Wildman–Crippen LogP) is 2.69. The topological polar surface area (TPSA) is 37.4 Å². The van der Waals surface area contributed by atoms with E-state index in [0.29, 0.717) is 12.0 Å². The van der Waals surface area contributed by atoms with Crippen molar-refractivity contribution in [3.63, 3.8) is 0 Å². The van der Waals surface area contributed by atoms with E-state index >= 15 is 0 Å². The van der Waals surface area contributed by atoms with Gasteiger partial charge in [-0.3, -0.25) is 0 Å². The summed E-state index contributed by atoms with van der Waals surface area (Å²) in [6.45, 7) is 8.21. The lowest BCUT2D eigenvalue weighted by atomic mass is 10.1. The highest BCUT2D eigenvalue weighted by molar-refractivity contribution is 5.15. The number of hydrogen-bond donors (Lipinski definition) is 1. The fourth-order valence-electron chi connectivity index (χ4n) is 2.77. The summed E-state index contributed by atoms with van der Waals surface area (Å²) in [6.07, 6.45) is 3.71. The van der Waals surface area contributed by atoms with E-state index in [1.165, 1.54) is 19.4 Å². The van der Waals surface area contributed by atoms with Gasteiger partial charge in [0.15, 0.2) is 0 Å². The molecule has 1 atom stereocenters. The van der Waals surface area contributed by atoms with Crippen LogP contribution in [0.4, 0.5) is 0 Å². The van der Waals surface area contributed by atoms with Crippen molar-refractivity contribution in [2.75, 3.05) is 26.7 Å². The SMILES string of the molecule is CC(C)CNCc1cccc(OCCC2CCCN2C)n1. The number of nitrogens with zero attached hydrogens (tertiary/aromatic N) is 2. The molecule has 1 N–H and O–H groups in total. The minimum absolute atomic E-state index is 0.660. The third kappa shape index (κ3) is 5.64. The van der Waals surface area contributed by atoms with Gasteiger partial charge in [0.05, 0.1) is 12.3 Å². The van der Waals surface area contributed by atoms with E-state index in [9.17, 15) is 0 Å². The highest BCUT2D eigenvalue weighted by atomic mass is 16.5. The molecule has 1 aliphatic rings. The van der Waals surface area contributed by atoms with Crippen LogP contribution in [-0.2, 0) is 6.54 Å². The summed E-state index contributed by atoms with van der Waals surface area (Å²) in [5.74, 6) is 1.41. The molecule has 2 rings (SSSR count). The Morgan fingerprint density at radius 3 is 3.00 bits per heavy atom. The first-order chi connectivity index (χ1) is 10.1. The van der Waals surface area contributed by atoms with E-state index in [-0.39, 0.29) is 0 Å². The van der Waals surface area contributed by atoms with Gasteiger partial charge in [-0.15, -0.1) is 0 Å². The normalized spacial score (nSPS) is 19.3. The van der Waals surface area contributed by atoms with Crippen LogP contribution in [0, 0.1) is 5.92 Å². The molecule has 0 aliphatic carbocycles. The van der Waals surface area contributed by atoms with Gasteiger partial charge in [-0.1, -0.05) is 19.9 Å². The number of rotatable bonds is 8. The number of nitrogens with one attached hydrogen (secondary N) is 1. The van der Waals surface area contributed by atoms with Crippen LogP contribution in [-0.4, -0.2) is 42.7 Å². The second kappa shape index (κ2) is 8.35. The van der Waals surface area contributed by atoms with Crippen molar-refractivity contribution in [2.45, 2.75) is 45.7 Å². The zero-order valence-corrected chi connectivity index (χ0v) is 13.6. The Kier molecular flexibility index (Phi) is 6.46. The van der Waals surface area contributed by atoms with Crippen LogP contribution in [0.2, 0.25) is 0 Å². The van der Waals surface area contributed by atoms with Crippen LogP contribution in [0.1, 0.15) is 38.8 Å². The fourth-order valence-corrected chi connectivity index (χ4v) is 2.77. The number of likely N-dealkylation sites (tertiary alicyclic amines) is 1. The molecule has 0 saturated carbocycles. The molecule has 4 heteroatoms. The van der Waals surface area contributed by atoms with Gasteiger partial charge >= 0.3 is 0 Å². The van der Waals surface area contributed by atoms with Crippen LogP contribution in [0.25, 0.3) is 0 Å². The molecule has 1 aromatic heterocycles. The van der Waals surface area contributed by atoms with E-state index in [1.807, 2.05) is 18.2 Å². The Morgan fingerprint density at radius 1 is 1.43 bits per heavy atom. The van der Waals surface area contributed by atoms with Crippen molar-refractivity contribution in [2.24, 2.45) is 5.92 Å². The van der Waals surface area contributed by atoms with E-state index in [4.69, 9.17) is 4.74 Å². The summed E-state index contributed by atoms with van der Waals surface area (Å²) >= 11 is 0. The van der Waals surface area contributed by atoms with Crippen molar-refractivity contribution < 1.29 is 4.74 Å². The smallest absolute Gasteiger partial charge is 0.213 e. The van der Waals surface area contributed by atoms with Gasteiger partial charge in [0.25, 0.3) is 0 Å². The van der Waals surface area contributed by atoms with Gasteiger partial charge in [-0.05, 0) is 51.4 Å². The summed E-state index contributed by atoms with van der Waals surface area (Å²) in [5.41, 5.74) is 1.05.